The third kappa shape index (κ3) is 1.46. The van der Waals surface area contributed by atoms with Crippen molar-refractivity contribution in [3.05, 3.63) is 29.6 Å². The molecule has 0 saturated heterocycles. The maximum atomic E-state index is 13.4. The Hall–Kier alpha value is -1.58. The standard InChI is InChI=1S/C11H11FO3/c1-15-9-3-2-7(6-8(9)12)11(4-5-11)10(13)14/h2-3,6H,4-5H2,1H3,(H,13,14). The molecule has 0 bridgehead atoms. The predicted molar refractivity (Wildman–Crippen MR) is 51.5 cm³/mol. The lowest BCUT2D eigenvalue weighted by atomic mass is 9.96. The summed E-state index contributed by atoms with van der Waals surface area (Å²) in [5.74, 6) is -1.26. The van der Waals surface area contributed by atoms with Crippen molar-refractivity contribution in [2.45, 2.75) is 18.3 Å². The van der Waals surface area contributed by atoms with E-state index >= 15 is 0 Å². The fourth-order valence-corrected chi connectivity index (χ4v) is 1.72. The van der Waals surface area contributed by atoms with E-state index in [2.05, 4.69) is 0 Å². The molecule has 0 aliphatic heterocycles. The Balaban J connectivity index is 2.39. The molecule has 1 aromatic rings. The van der Waals surface area contributed by atoms with E-state index in [1.54, 1.807) is 6.07 Å². The molecule has 80 valence electrons. The van der Waals surface area contributed by atoms with Crippen LogP contribution in [0.4, 0.5) is 4.39 Å². The lowest BCUT2D eigenvalue weighted by molar-refractivity contribution is -0.140. The van der Waals surface area contributed by atoms with Crippen LogP contribution in [0.5, 0.6) is 5.75 Å². The summed E-state index contributed by atoms with van der Waals surface area (Å²) in [6.07, 6.45) is 1.15. The zero-order chi connectivity index (χ0) is 11.1. The van der Waals surface area contributed by atoms with E-state index < -0.39 is 17.2 Å². The monoisotopic (exact) mass is 210 g/mol. The van der Waals surface area contributed by atoms with E-state index in [1.807, 2.05) is 0 Å². The zero-order valence-electron chi connectivity index (χ0n) is 8.29. The van der Waals surface area contributed by atoms with Gasteiger partial charge in [0.05, 0.1) is 12.5 Å². The molecular weight excluding hydrogens is 199 g/mol. The minimum absolute atomic E-state index is 0.139. The summed E-state index contributed by atoms with van der Waals surface area (Å²) in [4.78, 5) is 11.0. The number of rotatable bonds is 3. The summed E-state index contributed by atoms with van der Waals surface area (Å²) in [6.45, 7) is 0. The molecule has 3 nitrogen and oxygen atoms in total. The molecule has 1 saturated carbocycles. The summed E-state index contributed by atoms with van der Waals surface area (Å²) in [6, 6.07) is 4.33. The average molecular weight is 210 g/mol. The summed E-state index contributed by atoms with van der Waals surface area (Å²) in [5, 5.41) is 9.02. The van der Waals surface area contributed by atoms with E-state index in [9.17, 15) is 9.18 Å². The summed E-state index contributed by atoms with van der Waals surface area (Å²) in [5.41, 5.74) is -0.332. The molecule has 0 amide bonds. The van der Waals surface area contributed by atoms with Crippen molar-refractivity contribution in [1.29, 1.82) is 0 Å². The minimum Gasteiger partial charge on any atom is -0.494 e. The average Bonchev–Trinajstić information content (AvgIpc) is 2.98. The highest BCUT2D eigenvalue weighted by Crippen LogP contribution is 2.48. The molecule has 1 aliphatic carbocycles. The molecule has 15 heavy (non-hydrogen) atoms. The number of carboxylic acid groups (broad SMARTS) is 1. The highest BCUT2D eigenvalue weighted by atomic mass is 19.1. The molecule has 0 spiro atoms. The van der Waals surface area contributed by atoms with Gasteiger partial charge in [-0.25, -0.2) is 4.39 Å². The van der Waals surface area contributed by atoms with Crippen molar-refractivity contribution in [3.63, 3.8) is 0 Å². The number of halogens is 1. The molecule has 2 rings (SSSR count). The number of aliphatic carboxylic acids is 1. The molecule has 0 unspecified atom stereocenters. The molecule has 0 atom stereocenters. The Morgan fingerprint density at radius 3 is 2.60 bits per heavy atom. The van der Waals surface area contributed by atoms with Crippen molar-refractivity contribution >= 4 is 5.97 Å². The number of benzene rings is 1. The van der Waals surface area contributed by atoms with Gasteiger partial charge in [0.15, 0.2) is 11.6 Å². The Kier molecular flexibility index (Phi) is 2.14. The van der Waals surface area contributed by atoms with Crippen LogP contribution in [0.1, 0.15) is 18.4 Å². The molecule has 1 fully saturated rings. The van der Waals surface area contributed by atoms with Gasteiger partial charge in [-0.3, -0.25) is 4.79 Å². The second kappa shape index (κ2) is 3.22. The normalized spacial score (nSPS) is 17.2. The molecule has 4 heteroatoms. The quantitative estimate of drug-likeness (QED) is 0.829. The maximum absolute atomic E-state index is 13.4. The van der Waals surface area contributed by atoms with Crippen LogP contribution in [0, 0.1) is 5.82 Å². The van der Waals surface area contributed by atoms with Crippen molar-refractivity contribution in [1.82, 2.24) is 0 Å². The van der Waals surface area contributed by atoms with Gasteiger partial charge >= 0.3 is 5.97 Å². The van der Waals surface area contributed by atoms with E-state index in [0.717, 1.165) is 0 Å². The second-order valence-electron chi connectivity index (χ2n) is 3.74. The number of ether oxygens (including phenoxy) is 1. The topological polar surface area (TPSA) is 46.5 Å². The molecule has 0 radical (unpaired) electrons. The number of hydrogen-bond donors (Lipinski definition) is 1. The fraction of sp³-hybridized carbons (Fsp3) is 0.364. The predicted octanol–water partition coefficient (Wildman–Crippen LogP) is 1.95. The number of hydrogen-bond acceptors (Lipinski definition) is 2. The smallest absolute Gasteiger partial charge is 0.314 e. The van der Waals surface area contributed by atoms with Gasteiger partial charge in [-0.1, -0.05) is 6.07 Å². The van der Waals surface area contributed by atoms with Crippen LogP contribution < -0.4 is 4.74 Å². The van der Waals surface area contributed by atoms with Gasteiger partial charge in [0.2, 0.25) is 0 Å². The largest absolute Gasteiger partial charge is 0.494 e. The first kappa shape index (κ1) is 9.96. The SMILES string of the molecule is COc1ccc(C2(C(=O)O)CC2)cc1F. The highest BCUT2D eigenvalue weighted by molar-refractivity contribution is 5.84. The third-order valence-electron chi connectivity index (χ3n) is 2.86. The second-order valence-corrected chi connectivity index (χ2v) is 3.74. The van der Waals surface area contributed by atoms with Crippen LogP contribution in [-0.2, 0) is 10.2 Å². The van der Waals surface area contributed by atoms with Crippen LogP contribution in [0.15, 0.2) is 18.2 Å². The summed E-state index contributed by atoms with van der Waals surface area (Å²) >= 11 is 0. The molecule has 1 aliphatic rings. The van der Waals surface area contributed by atoms with Crippen molar-refractivity contribution in [2.75, 3.05) is 7.11 Å². The van der Waals surface area contributed by atoms with Gasteiger partial charge in [0.25, 0.3) is 0 Å². The van der Waals surface area contributed by atoms with Gasteiger partial charge in [0, 0.05) is 0 Å². The third-order valence-corrected chi connectivity index (χ3v) is 2.86. The minimum atomic E-state index is -0.882. The van der Waals surface area contributed by atoms with Crippen LogP contribution in [0.25, 0.3) is 0 Å². The fourth-order valence-electron chi connectivity index (χ4n) is 1.72. The first-order valence-electron chi connectivity index (χ1n) is 4.67. The van der Waals surface area contributed by atoms with E-state index in [-0.39, 0.29) is 5.75 Å². The van der Waals surface area contributed by atoms with Crippen molar-refractivity contribution in [2.24, 2.45) is 0 Å². The van der Waals surface area contributed by atoms with Crippen LogP contribution >= 0.6 is 0 Å². The highest BCUT2D eigenvalue weighted by Gasteiger charge is 2.51. The Morgan fingerprint density at radius 2 is 2.20 bits per heavy atom. The Bertz CT molecular complexity index is 410. The van der Waals surface area contributed by atoms with Crippen LogP contribution in [0.2, 0.25) is 0 Å². The molecule has 1 aromatic carbocycles. The van der Waals surface area contributed by atoms with Crippen molar-refractivity contribution < 1.29 is 19.0 Å². The van der Waals surface area contributed by atoms with Crippen LogP contribution in [0.3, 0.4) is 0 Å². The first-order valence-corrected chi connectivity index (χ1v) is 4.67. The zero-order valence-corrected chi connectivity index (χ0v) is 8.29. The van der Waals surface area contributed by atoms with Gasteiger partial charge < -0.3 is 9.84 Å². The lowest BCUT2D eigenvalue weighted by Crippen LogP contribution is -2.19. The van der Waals surface area contributed by atoms with E-state index in [0.29, 0.717) is 18.4 Å². The molecular formula is C11H11FO3. The first-order chi connectivity index (χ1) is 7.10. The molecule has 0 aromatic heterocycles. The number of carboxylic acids is 1. The lowest BCUT2D eigenvalue weighted by Gasteiger charge is -2.11. The summed E-state index contributed by atoms with van der Waals surface area (Å²) < 4.78 is 18.1. The van der Waals surface area contributed by atoms with Crippen LogP contribution in [-0.4, -0.2) is 18.2 Å². The summed E-state index contributed by atoms with van der Waals surface area (Å²) in [7, 11) is 1.38. The van der Waals surface area contributed by atoms with Crippen molar-refractivity contribution in [3.8, 4) is 5.75 Å². The number of carbonyl (C=O) groups is 1. The number of methoxy groups -OCH3 is 1. The van der Waals surface area contributed by atoms with Gasteiger partial charge in [0.1, 0.15) is 0 Å². The maximum Gasteiger partial charge on any atom is 0.314 e. The Labute approximate surface area is 86.5 Å². The molecule has 1 N–H and O–H groups in total. The van der Waals surface area contributed by atoms with E-state index in [1.165, 1.54) is 19.2 Å². The van der Waals surface area contributed by atoms with Gasteiger partial charge in [-0.15, -0.1) is 0 Å². The van der Waals surface area contributed by atoms with Gasteiger partial charge in [-0.2, -0.15) is 0 Å². The van der Waals surface area contributed by atoms with Gasteiger partial charge in [-0.05, 0) is 30.5 Å². The van der Waals surface area contributed by atoms with E-state index in [4.69, 9.17) is 9.84 Å². The Morgan fingerprint density at radius 1 is 1.53 bits per heavy atom. The molecule has 0 heterocycles.